The van der Waals surface area contributed by atoms with Crippen molar-refractivity contribution in [2.75, 3.05) is 87.0 Å². The maximum absolute atomic E-state index is 14.0. The molecule has 9 N–H and O–H groups in total. The molecule has 2 atom stereocenters. The second-order valence-corrected chi connectivity index (χ2v) is 17.4. The van der Waals surface area contributed by atoms with Crippen molar-refractivity contribution >= 4 is 35.4 Å². The number of nitrogens with two attached hydrogens (primary N) is 1. The monoisotopic (exact) mass is 1060 g/mol. The summed E-state index contributed by atoms with van der Waals surface area (Å²) in [6.07, 6.45) is 5.70. The summed E-state index contributed by atoms with van der Waals surface area (Å²) in [5, 5.41) is 41.0. The number of carbonyl (C=O) groups is 6. The zero-order valence-electron chi connectivity index (χ0n) is 42.6. The van der Waals surface area contributed by atoms with Gasteiger partial charge >= 0.3 is 0 Å². The summed E-state index contributed by atoms with van der Waals surface area (Å²) < 4.78 is 24.2. The van der Waals surface area contributed by atoms with E-state index in [1.165, 1.54) is 84.0 Å². The molecule has 0 radical (unpaired) electrons. The molecule has 0 saturated heterocycles. The van der Waals surface area contributed by atoms with E-state index in [-0.39, 0.29) is 113 Å². The predicted octanol–water partition coefficient (Wildman–Crippen LogP) is -1.58. The number of nitrogens with one attached hydrogen (secondary N) is 4. The Balaban J connectivity index is 1.37. The number of carbonyl (C=O) groups excluding carboxylic acids is 6. The number of methoxy groups -OCH3 is 3. The summed E-state index contributed by atoms with van der Waals surface area (Å²) in [7, 11) is 4.33. The minimum absolute atomic E-state index is 0.0226. The van der Waals surface area contributed by atoms with Gasteiger partial charge in [-0.15, -0.1) is 0 Å². The van der Waals surface area contributed by atoms with Crippen molar-refractivity contribution in [3.63, 3.8) is 0 Å². The molecule has 1 aliphatic heterocycles. The van der Waals surface area contributed by atoms with Gasteiger partial charge in [-0.05, 0) is 61.2 Å². The number of amides is 6. The first-order valence-corrected chi connectivity index (χ1v) is 24.1. The number of hydrogen-bond acceptors (Lipinski definition) is 18. The smallest absolute Gasteiger partial charge is 0.293 e. The molecule has 0 spiro atoms. The van der Waals surface area contributed by atoms with Crippen molar-refractivity contribution in [1.29, 1.82) is 0 Å². The molecule has 0 saturated carbocycles. The molecule has 26 heteroatoms. The van der Waals surface area contributed by atoms with Crippen molar-refractivity contribution in [3.8, 4) is 23.0 Å². The van der Waals surface area contributed by atoms with Crippen LogP contribution in [0.2, 0.25) is 0 Å². The molecule has 4 heterocycles. The molecule has 0 fully saturated rings. The molecule has 1 aromatic carbocycles. The maximum Gasteiger partial charge on any atom is 0.293 e. The quantitative estimate of drug-likeness (QED) is 0.0273. The van der Waals surface area contributed by atoms with Crippen LogP contribution in [0.1, 0.15) is 50.0 Å². The van der Waals surface area contributed by atoms with E-state index in [1.807, 2.05) is 0 Å². The molecule has 6 amide bonds. The zero-order chi connectivity index (χ0) is 55.5. The van der Waals surface area contributed by atoms with Crippen molar-refractivity contribution in [3.05, 3.63) is 126 Å². The molecular formula is C50H64N10O16. The SMILES string of the molecule is COCCn1ccc(C(=O)NCCN(CCNC(=O)c2ccn(CCOC)c(=O)c2O)CC(Cc2ccc(OCC(=O)NN3C(=O)C=C(C(C)CCN)C3=O)cc2)NC(=O)c2ccn(CCOC)c(=O)c2O)c(O)c1=O. The van der Waals surface area contributed by atoms with Crippen LogP contribution in [0.15, 0.2) is 87.1 Å². The number of hydrazine groups is 1. The Kier molecular flexibility index (Phi) is 22.0. The van der Waals surface area contributed by atoms with Gasteiger partial charge in [0.25, 0.3) is 52.1 Å². The van der Waals surface area contributed by atoms with Gasteiger partial charge in [0.05, 0.1) is 36.5 Å². The fourth-order valence-electron chi connectivity index (χ4n) is 7.87. The van der Waals surface area contributed by atoms with Crippen molar-refractivity contribution in [1.82, 2.24) is 45.0 Å². The Morgan fingerprint density at radius 1 is 0.671 bits per heavy atom. The molecule has 4 aromatic rings. The van der Waals surface area contributed by atoms with Crippen LogP contribution in [-0.4, -0.2) is 167 Å². The number of aromatic nitrogens is 3. The Bertz CT molecular complexity index is 2850. The minimum atomic E-state index is -0.860. The number of rotatable bonds is 30. The van der Waals surface area contributed by atoms with Gasteiger partial charge in [0.15, 0.2) is 23.9 Å². The molecule has 5 rings (SSSR count). The zero-order valence-corrected chi connectivity index (χ0v) is 42.6. The van der Waals surface area contributed by atoms with Crippen LogP contribution >= 0.6 is 0 Å². The van der Waals surface area contributed by atoms with Crippen LogP contribution in [0.25, 0.3) is 0 Å². The average molecular weight is 1060 g/mol. The van der Waals surface area contributed by atoms with Gasteiger partial charge in [-0.25, -0.2) is 0 Å². The standard InChI is InChI=1S/C50H64N10O16/c1-31(9-13-51)38-28-40(62)60(47(38)69)55-39(61)30-76-34-7-5-32(6-8-34)27-33(54-46(68)37-12-18-59(23-26-75-4)50(72)43(37)65)29-56(19-14-52-44(66)35-10-16-57(21-24-73-2)48(70)41(35)63)20-15-53-45(67)36-11-17-58(22-25-74-3)49(71)42(36)64/h5-8,10-12,16-18,28,31,33,63-65H,9,13-15,19-27,29-30,51H2,1-4H3,(H,52,66)(H,53,67)(H,54,68)(H,55,61). The van der Waals surface area contributed by atoms with Gasteiger partial charge < -0.3 is 69.7 Å². The highest BCUT2D eigenvalue weighted by Crippen LogP contribution is 2.22. The number of imide groups is 1. The normalized spacial score (nSPS) is 13.1. The van der Waals surface area contributed by atoms with E-state index < -0.39 is 82.0 Å². The molecule has 0 aliphatic carbocycles. The van der Waals surface area contributed by atoms with Gasteiger partial charge in [0, 0.05) is 110 Å². The molecule has 1 aliphatic rings. The lowest BCUT2D eigenvalue weighted by atomic mass is 9.98. The lowest BCUT2D eigenvalue weighted by Crippen LogP contribution is -2.49. The fraction of sp³-hybridized carbons (Fsp3) is 0.420. The number of hydrogen-bond donors (Lipinski definition) is 8. The Hall–Kier alpha value is -8.17. The number of nitrogens with zero attached hydrogens (tertiary/aromatic N) is 5. The number of pyridine rings is 3. The first kappa shape index (κ1) is 58.7. The minimum Gasteiger partial charge on any atom is -0.502 e. The van der Waals surface area contributed by atoms with Crippen molar-refractivity contribution < 1.29 is 63.0 Å². The number of ether oxygens (including phenoxy) is 4. The Morgan fingerprint density at radius 3 is 1.58 bits per heavy atom. The first-order valence-electron chi connectivity index (χ1n) is 24.1. The molecular weight excluding hydrogens is 997 g/mol. The second-order valence-electron chi connectivity index (χ2n) is 17.4. The largest absolute Gasteiger partial charge is 0.502 e. The van der Waals surface area contributed by atoms with E-state index >= 15 is 0 Å². The van der Waals surface area contributed by atoms with Gasteiger partial charge in [-0.1, -0.05) is 19.1 Å². The van der Waals surface area contributed by atoms with E-state index in [0.29, 0.717) is 23.5 Å². The Morgan fingerprint density at radius 2 is 1.13 bits per heavy atom. The van der Waals surface area contributed by atoms with Crippen molar-refractivity contribution in [2.45, 2.75) is 45.4 Å². The average Bonchev–Trinajstić information content (AvgIpc) is 3.68. The van der Waals surface area contributed by atoms with Crippen LogP contribution in [0, 0.1) is 5.92 Å². The lowest BCUT2D eigenvalue weighted by molar-refractivity contribution is -0.147. The summed E-state index contributed by atoms with van der Waals surface area (Å²) in [5.41, 5.74) is 5.31. The van der Waals surface area contributed by atoms with Gasteiger partial charge in [-0.3, -0.25) is 53.5 Å². The Labute approximate surface area is 435 Å². The van der Waals surface area contributed by atoms with Crippen LogP contribution in [-0.2, 0) is 54.6 Å². The van der Waals surface area contributed by atoms with E-state index in [4.69, 9.17) is 24.7 Å². The summed E-state index contributed by atoms with van der Waals surface area (Å²) in [6, 6.07) is 9.31. The van der Waals surface area contributed by atoms with Gasteiger partial charge in [0.1, 0.15) is 5.75 Å². The third-order valence-corrected chi connectivity index (χ3v) is 12.1. The number of benzene rings is 1. The van der Waals surface area contributed by atoms with Crippen LogP contribution in [0.5, 0.6) is 23.0 Å². The topological polar surface area (TPSA) is 347 Å². The summed E-state index contributed by atoms with van der Waals surface area (Å²) in [5.74, 6) is -7.03. The van der Waals surface area contributed by atoms with Crippen molar-refractivity contribution in [2.24, 2.45) is 11.7 Å². The van der Waals surface area contributed by atoms with E-state index in [2.05, 4.69) is 21.4 Å². The van der Waals surface area contributed by atoms with E-state index in [1.54, 1.807) is 24.0 Å². The van der Waals surface area contributed by atoms with Crippen LogP contribution in [0.3, 0.4) is 0 Å². The first-order chi connectivity index (χ1) is 36.4. The molecule has 410 valence electrons. The number of aromatic hydroxyl groups is 3. The van der Waals surface area contributed by atoms with Gasteiger partial charge in [-0.2, -0.15) is 5.01 Å². The molecule has 3 aromatic heterocycles. The van der Waals surface area contributed by atoms with Crippen LogP contribution in [0.4, 0.5) is 0 Å². The highest BCUT2D eigenvalue weighted by Gasteiger charge is 2.35. The van der Waals surface area contributed by atoms with Gasteiger partial charge in [0.2, 0.25) is 0 Å². The fourth-order valence-corrected chi connectivity index (χ4v) is 7.87. The maximum atomic E-state index is 14.0. The summed E-state index contributed by atoms with van der Waals surface area (Å²) >= 11 is 0. The molecule has 26 nitrogen and oxygen atoms in total. The third kappa shape index (κ3) is 15.7. The van der Waals surface area contributed by atoms with E-state index in [0.717, 1.165) is 6.08 Å². The molecule has 0 bridgehead atoms. The predicted molar refractivity (Wildman–Crippen MR) is 272 cm³/mol. The van der Waals surface area contributed by atoms with E-state index in [9.17, 15) is 58.5 Å². The summed E-state index contributed by atoms with van der Waals surface area (Å²) in [4.78, 5) is 119. The lowest BCUT2D eigenvalue weighted by Gasteiger charge is -2.29. The third-order valence-electron chi connectivity index (χ3n) is 12.1. The summed E-state index contributed by atoms with van der Waals surface area (Å²) in [6.45, 7) is 2.11. The highest BCUT2D eigenvalue weighted by atomic mass is 16.5. The highest BCUT2D eigenvalue weighted by molar-refractivity contribution is 6.17. The van der Waals surface area contributed by atoms with Crippen LogP contribution < -0.4 is 48.5 Å². The second kappa shape index (κ2) is 28.5. The molecule has 76 heavy (non-hydrogen) atoms. The molecule has 2 unspecified atom stereocenters.